The predicted octanol–water partition coefficient (Wildman–Crippen LogP) is 3.44. The van der Waals surface area contributed by atoms with Crippen molar-refractivity contribution in [3.63, 3.8) is 0 Å². The van der Waals surface area contributed by atoms with Gasteiger partial charge in [0, 0.05) is 11.6 Å². The molecule has 3 nitrogen and oxygen atoms in total. The van der Waals surface area contributed by atoms with Crippen LogP contribution < -0.4 is 10.6 Å². The van der Waals surface area contributed by atoms with Gasteiger partial charge in [-0.25, -0.2) is 0 Å². The van der Waals surface area contributed by atoms with Crippen LogP contribution in [0, 0.1) is 0 Å². The molecule has 1 aromatic rings. The lowest BCUT2D eigenvalue weighted by Gasteiger charge is -2.16. The van der Waals surface area contributed by atoms with E-state index in [1.807, 2.05) is 0 Å². The monoisotopic (exact) mass is 300 g/mol. The Hall–Kier alpha value is -2.42. The van der Waals surface area contributed by atoms with Gasteiger partial charge < -0.3 is 13.9 Å². The van der Waals surface area contributed by atoms with E-state index in [2.05, 4.69) is 39.5 Å². The van der Waals surface area contributed by atoms with Crippen molar-refractivity contribution in [2.45, 2.75) is 19.3 Å². The van der Waals surface area contributed by atoms with Gasteiger partial charge in [-0.1, -0.05) is 39.5 Å². The van der Waals surface area contributed by atoms with E-state index in [-0.39, 0.29) is 0 Å². The van der Waals surface area contributed by atoms with Crippen LogP contribution in [0.1, 0.15) is 19.3 Å². The summed E-state index contributed by atoms with van der Waals surface area (Å²) in [6, 6.07) is 1.78. The molecule has 0 N–H and O–H groups in total. The number of allylic oxidation sites excluding steroid dienone is 2. The van der Waals surface area contributed by atoms with Gasteiger partial charge in [0.1, 0.15) is 16.9 Å². The van der Waals surface area contributed by atoms with Crippen LogP contribution in [0.5, 0.6) is 0 Å². The average Bonchev–Trinajstić information content (AvgIpc) is 3.04. The van der Waals surface area contributed by atoms with Gasteiger partial charge in [-0.3, -0.25) is 0 Å². The van der Waals surface area contributed by atoms with Crippen molar-refractivity contribution < 1.29 is 13.9 Å². The molecule has 2 saturated heterocycles. The molecular formula is C19H24O3. The highest BCUT2D eigenvalue weighted by Crippen LogP contribution is 2.19. The van der Waals surface area contributed by atoms with Crippen LogP contribution in [0.2, 0.25) is 0 Å². The molecule has 3 rings (SSSR count). The van der Waals surface area contributed by atoms with Gasteiger partial charge in [0.25, 0.3) is 0 Å². The zero-order valence-electron chi connectivity index (χ0n) is 13.2. The molecule has 0 spiro atoms. The fourth-order valence-corrected chi connectivity index (χ4v) is 1.63. The zero-order chi connectivity index (χ0) is 16.5. The van der Waals surface area contributed by atoms with Gasteiger partial charge in [0.05, 0.1) is 19.5 Å². The Morgan fingerprint density at radius 1 is 0.773 bits per heavy atom. The van der Waals surface area contributed by atoms with Crippen LogP contribution in [-0.2, 0) is 9.47 Å². The van der Waals surface area contributed by atoms with Crippen molar-refractivity contribution in [1.82, 2.24) is 0 Å². The molecule has 1 aromatic heterocycles. The van der Waals surface area contributed by atoms with Crippen molar-refractivity contribution in [3.8, 4) is 0 Å². The first-order chi connectivity index (χ1) is 10.4. The van der Waals surface area contributed by atoms with Crippen LogP contribution in [0.3, 0.4) is 0 Å². The summed E-state index contributed by atoms with van der Waals surface area (Å²) in [6.45, 7) is 23.5. The molecule has 2 fully saturated rings. The Balaban J connectivity index is 0.000000166. The van der Waals surface area contributed by atoms with Crippen molar-refractivity contribution in [1.29, 1.82) is 0 Å². The fraction of sp³-hybridized carbons (Fsp3) is 0.263. The van der Waals surface area contributed by atoms with Crippen molar-refractivity contribution >= 4 is 13.2 Å². The molecule has 118 valence electrons. The van der Waals surface area contributed by atoms with Crippen LogP contribution in [-0.4, -0.2) is 13.2 Å². The first-order valence-corrected chi connectivity index (χ1v) is 7.13. The lowest BCUT2D eigenvalue weighted by molar-refractivity contribution is 0.196. The summed E-state index contributed by atoms with van der Waals surface area (Å²) in [5.41, 5.74) is 2.75. The Labute approximate surface area is 132 Å². The lowest BCUT2D eigenvalue weighted by Crippen LogP contribution is -2.13. The molecule has 0 bridgehead atoms. The summed E-state index contributed by atoms with van der Waals surface area (Å²) in [7, 11) is 0. The van der Waals surface area contributed by atoms with E-state index in [0.717, 1.165) is 60.4 Å². The summed E-state index contributed by atoms with van der Waals surface area (Å²) in [6.07, 6.45) is 4.68. The summed E-state index contributed by atoms with van der Waals surface area (Å²) >= 11 is 0. The topological polar surface area (TPSA) is 31.6 Å². The van der Waals surface area contributed by atoms with Crippen LogP contribution in [0.15, 0.2) is 65.7 Å². The third-order valence-electron chi connectivity index (χ3n) is 3.21. The van der Waals surface area contributed by atoms with Crippen molar-refractivity contribution in [2.75, 3.05) is 13.2 Å². The molecule has 0 unspecified atom stereocenters. The molecule has 0 amide bonds. The lowest BCUT2D eigenvalue weighted by atomic mass is 10.1. The molecule has 3 heterocycles. The molecule has 0 aliphatic carbocycles. The SMILES string of the molecule is C=C1CCCOC1=C.C=C1CCOC1=C.C=c1ccoc1=C. The van der Waals surface area contributed by atoms with E-state index in [1.165, 1.54) is 0 Å². The molecule has 2 aliphatic heterocycles. The maximum Gasteiger partial charge on any atom is 0.126 e. The second-order valence-corrected chi connectivity index (χ2v) is 4.97. The first-order valence-electron chi connectivity index (χ1n) is 7.13. The number of furan rings is 1. The molecular weight excluding hydrogens is 276 g/mol. The van der Waals surface area contributed by atoms with Crippen molar-refractivity contribution in [3.05, 3.63) is 71.9 Å². The normalized spacial score (nSPS) is 16.7. The van der Waals surface area contributed by atoms with Gasteiger partial charge in [0.15, 0.2) is 0 Å². The largest absolute Gasteiger partial charge is 0.494 e. The molecule has 0 atom stereocenters. The van der Waals surface area contributed by atoms with E-state index < -0.39 is 0 Å². The second-order valence-electron chi connectivity index (χ2n) is 4.97. The maximum atomic E-state index is 5.10. The second kappa shape index (κ2) is 8.78. The van der Waals surface area contributed by atoms with Gasteiger partial charge in [-0.2, -0.15) is 0 Å². The maximum absolute atomic E-state index is 5.10. The summed E-state index contributed by atoms with van der Waals surface area (Å²) < 4.78 is 14.9. The van der Waals surface area contributed by atoms with Gasteiger partial charge in [-0.15, -0.1) is 0 Å². The van der Waals surface area contributed by atoms with Gasteiger partial charge in [0.2, 0.25) is 0 Å². The molecule has 0 aromatic carbocycles. The Morgan fingerprint density at radius 3 is 1.59 bits per heavy atom. The number of rotatable bonds is 0. The highest BCUT2D eigenvalue weighted by molar-refractivity contribution is 5.22. The summed E-state index contributed by atoms with van der Waals surface area (Å²) in [4.78, 5) is 0. The predicted molar refractivity (Wildman–Crippen MR) is 91.3 cm³/mol. The molecule has 22 heavy (non-hydrogen) atoms. The van der Waals surface area contributed by atoms with Crippen LogP contribution in [0.4, 0.5) is 0 Å². The highest BCUT2D eigenvalue weighted by Gasteiger charge is 2.08. The number of ether oxygens (including phenoxy) is 2. The Bertz CT molecular complexity index is 594. The minimum absolute atomic E-state index is 0.653. The Kier molecular flexibility index (Phi) is 7.03. The third kappa shape index (κ3) is 5.92. The van der Waals surface area contributed by atoms with E-state index in [4.69, 9.17) is 13.9 Å². The number of hydrogen-bond donors (Lipinski definition) is 0. The van der Waals surface area contributed by atoms with Crippen molar-refractivity contribution in [2.24, 2.45) is 0 Å². The molecule has 0 saturated carbocycles. The van der Waals surface area contributed by atoms with Gasteiger partial charge in [-0.05, 0) is 30.1 Å². The highest BCUT2D eigenvalue weighted by atomic mass is 16.5. The smallest absolute Gasteiger partial charge is 0.126 e. The summed E-state index contributed by atoms with van der Waals surface area (Å²) in [5.74, 6) is 1.54. The zero-order valence-corrected chi connectivity index (χ0v) is 13.2. The quantitative estimate of drug-likeness (QED) is 0.735. The minimum Gasteiger partial charge on any atom is -0.494 e. The first kappa shape index (κ1) is 17.6. The molecule has 3 heteroatoms. The van der Waals surface area contributed by atoms with Crippen LogP contribution in [0.25, 0.3) is 13.2 Å². The van der Waals surface area contributed by atoms with Gasteiger partial charge >= 0.3 is 0 Å². The van der Waals surface area contributed by atoms with E-state index >= 15 is 0 Å². The average molecular weight is 300 g/mol. The molecule has 2 aliphatic rings. The fourth-order valence-electron chi connectivity index (χ4n) is 1.63. The number of hydrogen-bond acceptors (Lipinski definition) is 3. The molecule has 0 radical (unpaired) electrons. The van der Waals surface area contributed by atoms with E-state index in [0.29, 0.717) is 5.42 Å². The minimum atomic E-state index is 0.653. The third-order valence-corrected chi connectivity index (χ3v) is 3.21. The Morgan fingerprint density at radius 2 is 1.36 bits per heavy atom. The summed E-state index contributed by atoms with van der Waals surface area (Å²) in [5, 5.41) is 0.861. The standard InChI is InChI=1S/C7H10O.C6H8O.C6H6O/c1-6-4-3-5-8-7(6)2;2*1-5-3-4-7-6(5)2/h1-5H2;1-4H2;3-4H,1-2H2. The van der Waals surface area contributed by atoms with E-state index in [1.54, 1.807) is 12.3 Å². The van der Waals surface area contributed by atoms with E-state index in [9.17, 15) is 0 Å². The van der Waals surface area contributed by atoms with Crippen LogP contribution >= 0.6 is 0 Å².